The molecule has 0 unspecified atom stereocenters. The summed E-state index contributed by atoms with van der Waals surface area (Å²) in [4.78, 5) is 28.2. The fourth-order valence-electron chi connectivity index (χ4n) is 1.88. The molecule has 1 aromatic heterocycles. The standard InChI is InChI=1S/C17H17F2N3O2/c1-17(2,3)22-15(23)10-6-7-20-14(8-10)16(24)21-11-4-5-12(18)13(19)9-11/h4-9H,1-3H3,(H,21,24)(H,22,23). The minimum atomic E-state index is -1.07. The van der Waals surface area contributed by atoms with Crippen molar-refractivity contribution in [1.29, 1.82) is 0 Å². The van der Waals surface area contributed by atoms with Crippen molar-refractivity contribution in [3.05, 3.63) is 59.4 Å². The Balaban J connectivity index is 2.16. The largest absolute Gasteiger partial charge is 0.347 e. The van der Waals surface area contributed by atoms with Crippen molar-refractivity contribution in [1.82, 2.24) is 10.3 Å². The van der Waals surface area contributed by atoms with E-state index in [1.807, 2.05) is 20.8 Å². The van der Waals surface area contributed by atoms with Gasteiger partial charge in [0.1, 0.15) is 5.69 Å². The Labute approximate surface area is 138 Å². The van der Waals surface area contributed by atoms with Gasteiger partial charge in [0, 0.05) is 29.1 Å². The third-order valence-corrected chi connectivity index (χ3v) is 2.92. The molecule has 2 N–H and O–H groups in total. The third kappa shape index (κ3) is 4.58. The van der Waals surface area contributed by atoms with Crippen molar-refractivity contribution in [3.8, 4) is 0 Å². The van der Waals surface area contributed by atoms with Gasteiger partial charge in [-0.3, -0.25) is 14.6 Å². The Morgan fingerprint density at radius 2 is 1.71 bits per heavy atom. The van der Waals surface area contributed by atoms with E-state index in [1.54, 1.807) is 0 Å². The summed E-state index contributed by atoms with van der Waals surface area (Å²) in [7, 11) is 0. The molecule has 7 heteroatoms. The molecule has 0 aliphatic rings. The molecule has 0 saturated carbocycles. The zero-order valence-electron chi connectivity index (χ0n) is 13.5. The highest BCUT2D eigenvalue weighted by atomic mass is 19.2. The lowest BCUT2D eigenvalue weighted by Crippen LogP contribution is -2.40. The van der Waals surface area contributed by atoms with Crippen LogP contribution in [0.1, 0.15) is 41.6 Å². The monoisotopic (exact) mass is 333 g/mol. The number of amides is 2. The first-order valence-electron chi connectivity index (χ1n) is 7.21. The highest BCUT2D eigenvalue weighted by molar-refractivity contribution is 6.04. The second-order valence-corrected chi connectivity index (χ2v) is 6.22. The quantitative estimate of drug-likeness (QED) is 0.906. The summed E-state index contributed by atoms with van der Waals surface area (Å²) in [5.41, 5.74) is -0.0732. The van der Waals surface area contributed by atoms with E-state index in [0.29, 0.717) is 0 Å². The van der Waals surface area contributed by atoms with Crippen LogP contribution in [-0.4, -0.2) is 22.3 Å². The molecule has 1 aromatic carbocycles. The van der Waals surface area contributed by atoms with E-state index in [4.69, 9.17) is 0 Å². The van der Waals surface area contributed by atoms with Crippen molar-refractivity contribution in [3.63, 3.8) is 0 Å². The smallest absolute Gasteiger partial charge is 0.274 e. The van der Waals surface area contributed by atoms with E-state index >= 15 is 0 Å². The number of carbonyl (C=O) groups excluding carboxylic acids is 2. The van der Waals surface area contributed by atoms with Gasteiger partial charge < -0.3 is 10.6 Å². The van der Waals surface area contributed by atoms with Gasteiger partial charge in [0.15, 0.2) is 11.6 Å². The summed E-state index contributed by atoms with van der Waals surface area (Å²) in [5, 5.41) is 5.18. The summed E-state index contributed by atoms with van der Waals surface area (Å²) in [6, 6.07) is 5.81. The predicted octanol–water partition coefficient (Wildman–Crippen LogP) is 3.14. The molecule has 0 aliphatic carbocycles. The highest BCUT2D eigenvalue weighted by Gasteiger charge is 2.17. The van der Waals surface area contributed by atoms with Crippen LogP contribution >= 0.6 is 0 Å². The van der Waals surface area contributed by atoms with E-state index < -0.39 is 23.1 Å². The van der Waals surface area contributed by atoms with Crippen LogP contribution in [-0.2, 0) is 0 Å². The van der Waals surface area contributed by atoms with E-state index in [9.17, 15) is 18.4 Å². The number of pyridine rings is 1. The minimum Gasteiger partial charge on any atom is -0.347 e. The molecule has 2 rings (SSSR count). The number of carbonyl (C=O) groups is 2. The first-order valence-corrected chi connectivity index (χ1v) is 7.21. The molecular formula is C17H17F2N3O2. The van der Waals surface area contributed by atoms with Crippen LogP contribution in [0.4, 0.5) is 14.5 Å². The molecular weight excluding hydrogens is 316 g/mol. The molecule has 24 heavy (non-hydrogen) atoms. The van der Waals surface area contributed by atoms with Gasteiger partial charge in [-0.1, -0.05) is 0 Å². The molecule has 2 aromatic rings. The van der Waals surface area contributed by atoms with Crippen molar-refractivity contribution in [2.45, 2.75) is 26.3 Å². The summed E-state index contributed by atoms with van der Waals surface area (Å²) in [5.74, 6) is -3.05. The Morgan fingerprint density at radius 3 is 2.33 bits per heavy atom. The number of rotatable bonds is 3. The molecule has 0 fully saturated rings. The number of anilines is 1. The van der Waals surface area contributed by atoms with E-state index in [0.717, 1.165) is 12.1 Å². The summed E-state index contributed by atoms with van der Waals surface area (Å²) in [6.45, 7) is 5.51. The van der Waals surface area contributed by atoms with Gasteiger partial charge in [0.25, 0.3) is 11.8 Å². The predicted molar refractivity (Wildman–Crippen MR) is 85.8 cm³/mol. The summed E-state index contributed by atoms with van der Waals surface area (Å²) >= 11 is 0. The number of aromatic nitrogens is 1. The van der Waals surface area contributed by atoms with Gasteiger partial charge in [-0.15, -0.1) is 0 Å². The second kappa shape index (κ2) is 6.74. The van der Waals surface area contributed by atoms with Crippen LogP contribution in [0.25, 0.3) is 0 Å². The topological polar surface area (TPSA) is 71.1 Å². The number of hydrogen-bond acceptors (Lipinski definition) is 3. The van der Waals surface area contributed by atoms with Crippen LogP contribution in [0.2, 0.25) is 0 Å². The summed E-state index contributed by atoms with van der Waals surface area (Å²) < 4.78 is 26.1. The fraction of sp³-hybridized carbons (Fsp3) is 0.235. The lowest BCUT2D eigenvalue weighted by Gasteiger charge is -2.20. The van der Waals surface area contributed by atoms with E-state index in [-0.39, 0.29) is 22.9 Å². The highest BCUT2D eigenvalue weighted by Crippen LogP contribution is 2.14. The molecule has 0 bridgehead atoms. The summed E-state index contributed by atoms with van der Waals surface area (Å²) in [6.07, 6.45) is 1.33. The van der Waals surface area contributed by atoms with Crippen molar-refractivity contribution in [2.24, 2.45) is 0 Å². The Kier molecular flexibility index (Phi) is 4.92. The van der Waals surface area contributed by atoms with Gasteiger partial charge in [-0.2, -0.15) is 0 Å². The molecule has 1 heterocycles. The minimum absolute atomic E-state index is 0.0127. The lowest BCUT2D eigenvalue weighted by molar-refractivity contribution is 0.0919. The lowest BCUT2D eigenvalue weighted by atomic mass is 10.1. The van der Waals surface area contributed by atoms with Gasteiger partial charge in [-0.05, 0) is 45.0 Å². The van der Waals surface area contributed by atoms with Gasteiger partial charge in [-0.25, -0.2) is 8.78 Å². The molecule has 126 valence electrons. The molecule has 0 aliphatic heterocycles. The van der Waals surface area contributed by atoms with Crippen molar-refractivity contribution >= 4 is 17.5 Å². The molecule has 0 spiro atoms. The van der Waals surface area contributed by atoms with Crippen LogP contribution in [0.5, 0.6) is 0 Å². The number of nitrogens with one attached hydrogen (secondary N) is 2. The van der Waals surface area contributed by atoms with Crippen LogP contribution in [0, 0.1) is 11.6 Å². The number of nitrogens with zero attached hydrogens (tertiary/aromatic N) is 1. The van der Waals surface area contributed by atoms with Crippen LogP contribution in [0.15, 0.2) is 36.5 Å². The average Bonchev–Trinajstić information content (AvgIpc) is 2.49. The van der Waals surface area contributed by atoms with Gasteiger partial charge in [0.05, 0.1) is 0 Å². The number of halogens is 2. The first kappa shape index (κ1) is 17.5. The third-order valence-electron chi connectivity index (χ3n) is 2.92. The maximum absolute atomic E-state index is 13.2. The average molecular weight is 333 g/mol. The van der Waals surface area contributed by atoms with Gasteiger partial charge >= 0.3 is 0 Å². The van der Waals surface area contributed by atoms with Gasteiger partial charge in [0.2, 0.25) is 0 Å². The Bertz CT molecular complexity index is 786. The second-order valence-electron chi connectivity index (χ2n) is 6.22. The van der Waals surface area contributed by atoms with Crippen LogP contribution in [0.3, 0.4) is 0 Å². The first-order chi connectivity index (χ1) is 11.2. The molecule has 0 radical (unpaired) electrons. The Morgan fingerprint density at radius 1 is 1.00 bits per heavy atom. The normalized spacial score (nSPS) is 11.0. The SMILES string of the molecule is CC(C)(C)NC(=O)c1ccnc(C(=O)Nc2ccc(F)c(F)c2)c1. The number of benzene rings is 1. The maximum atomic E-state index is 13.2. The Hall–Kier alpha value is -2.83. The molecule has 0 saturated heterocycles. The van der Waals surface area contributed by atoms with Crippen LogP contribution < -0.4 is 10.6 Å². The zero-order chi connectivity index (χ0) is 17.9. The van der Waals surface area contributed by atoms with Crippen molar-refractivity contribution in [2.75, 3.05) is 5.32 Å². The van der Waals surface area contributed by atoms with E-state index in [2.05, 4.69) is 15.6 Å². The molecule has 2 amide bonds. The fourth-order valence-corrected chi connectivity index (χ4v) is 1.88. The van der Waals surface area contributed by atoms with E-state index in [1.165, 1.54) is 24.4 Å². The molecule has 0 atom stereocenters. The molecule has 5 nitrogen and oxygen atoms in total. The maximum Gasteiger partial charge on any atom is 0.274 e. The zero-order valence-corrected chi connectivity index (χ0v) is 13.5. The van der Waals surface area contributed by atoms with Crippen molar-refractivity contribution < 1.29 is 18.4 Å². The number of hydrogen-bond donors (Lipinski definition) is 2.